The molecule has 1 fully saturated rings. The van der Waals surface area contributed by atoms with Gasteiger partial charge in [-0.25, -0.2) is 4.79 Å². The fourth-order valence-corrected chi connectivity index (χ4v) is 3.22. The molecule has 0 bridgehead atoms. The average Bonchev–Trinajstić information content (AvgIpc) is 2.72. The van der Waals surface area contributed by atoms with Crippen LogP contribution in [0.2, 0.25) is 0 Å². The smallest absolute Gasteiger partial charge is 0.342 e. The van der Waals surface area contributed by atoms with Gasteiger partial charge in [0.2, 0.25) is 0 Å². The summed E-state index contributed by atoms with van der Waals surface area (Å²) < 4.78 is 11.0. The molecule has 142 valence electrons. The number of nitrogens with one attached hydrogen (secondary N) is 1. The minimum Gasteiger partial charge on any atom is -0.488 e. The highest BCUT2D eigenvalue weighted by molar-refractivity contribution is 5.94. The molecule has 2 aromatic carbocycles. The minimum atomic E-state index is -0.558. The van der Waals surface area contributed by atoms with E-state index in [2.05, 4.69) is 5.32 Å². The van der Waals surface area contributed by atoms with E-state index in [0.29, 0.717) is 17.9 Å². The zero-order chi connectivity index (χ0) is 18.9. The van der Waals surface area contributed by atoms with E-state index in [1.54, 1.807) is 24.3 Å². The summed E-state index contributed by atoms with van der Waals surface area (Å²) in [7, 11) is 0. The van der Waals surface area contributed by atoms with Gasteiger partial charge >= 0.3 is 5.97 Å². The Morgan fingerprint density at radius 1 is 0.926 bits per heavy atom. The lowest BCUT2D eigenvalue weighted by Crippen LogP contribution is -2.38. The third kappa shape index (κ3) is 5.84. The molecular weight excluding hydrogens is 342 g/mol. The Bertz CT molecular complexity index is 754. The highest BCUT2D eigenvalue weighted by Crippen LogP contribution is 2.21. The number of carbonyl (C=O) groups excluding carboxylic acids is 2. The van der Waals surface area contributed by atoms with Crippen LogP contribution in [0.3, 0.4) is 0 Å². The summed E-state index contributed by atoms with van der Waals surface area (Å²) in [6.07, 6.45) is 5.49. The molecule has 0 unspecified atom stereocenters. The molecular formula is C22H25NO4. The molecule has 0 heterocycles. The topological polar surface area (TPSA) is 64.6 Å². The van der Waals surface area contributed by atoms with E-state index < -0.39 is 5.97 Å². The molecule has 5 heteroatoms. The highest BCUT2D eigenvalue weighted by Gasteiger charge is 2.18. The van der Waals surface area contributed by atoms with Crippen molar-refractivity contribution in [1.29, 1.82) is 0 Å². The number of carbonyl (C=O) groups is 2. The van der Waals surface area contributed by atoms with Gasteiger partial charge in [-0.2, -0.15) is 0 Å². The number of hydrogen-bond acceptors (Lipinski definition) is 4. The first-order valence-electron chi connectivity index (χ1n) is 9.44. The molecule has 0 aromatic heterocycles. The molecule has 1 amide bonds. The molecule has 1 N–H and O–H groups in total. The number of hydrogen-bond donors (Lipinski definition) is 1. The fourth-order valence-electron chi connectivity index (χ4n) is 3.22. The highest BCUT2D eigenvalue weighted by atomic mass is 16.5. The van der Waals surface area contributed by atoms with E-state index in [1.165, 1.54) is 6.42 Å². The van der Waals surface area contributed by atoms with Gasteiger partial charge < -0.3 is 14.8 Å². The summed E-state index contributed by atoms with van der Waals surface area (Å²) in [4.78, 5) is 24.4. The van der Waals surface area contributed by atoms with Crippen LogP contribution in [0.5, 0.6) is 5.75 Å². The first kappa shape index (κ1) is 19.0. The van der Waals surface area contributed by atoms with Gasteiger partial charge in [0.1, 0.15) is 17.9 Å². The fraction of sp³-hybridized carbons (Fsp3) is 0.364. The van der Waals surface area contributed by atoms with Gasteiger partial charge in [-0.05, 0) is 30.5 Å². The summed E-state index contributed by atoms with van der Waals surface area (Å²) in [5.41, 5.74) is 1.33. The van der Waals surface area contributed by atoms with Crippen molar-refractivity contribution >= 4 is 11.9 Å². The molecule has 27 heavy (non-hydrogen) atoms. The van der Waals surface area contributed by atoms with Gasteiger partial charge in [-0.3, -0.25) is 4.79 Å². The van der Waals surface area contributed by atoms with Crippen molar-refractivity contribution in [3.05, 3.63) is 65.7 Å². The number of amides is 1. The third-order valence-electron chi connectivity index (χ3n) is 4.65. The second-order valence-corrected chi connectivity index (χ2v) is 6.75. The molecule has 1 aliphatic carbocycles. The normalized spacial score (nSPS) is 14.4. The van der Waals surface area contributed by atoms with E-state index in [-0.39, 0.29) is 18.6 Å². The van der Waals surface area contributed by atoms with E-state index in [0.717, 1.165) is 31.2 Å². The zero-order valence-corrected chi connectivity index (χ0v) is 15.4. The van der Waals surface area contributed by atoms with E-state index in [9.17, 15) is 9.59 Å². The van der Waals surface area contributed by atoms with Crippen LogP contribution in [0.25, 0.3) is 0 Å². The molecule has 5 nitrogen and oxygen atoms in total. The second-order valence-electron chi connectivity index (χ2n) is 6.75. The van der Waals surface area contributed by atoms with Crippen molar-refractivity contribution in [1.82, 2.24) is 5.32 Å². The van der Waals surface area contributed by atoms with Gasteiger partial charge in [-0.15, -0.1) is 0 Å². The van der Waals surface area contributed by atoms with Crippen LogP contribution in [-0.2, 0) is 16.1 Å². The van der Waals surface area contributed by atoms with Crippen molar-refractivity contribution in [3.63, 3.8) is 0 Å². The van der Waals surface area contributed by atoms with Crippen molar-refractivity contribution in [2.24, 2.45) is 0 Å². The molecule has 0 aliphatic heterocycles. The Morgan fingerprint density at radius 3 is 2.41 bits per heavy atom. The maximum absolute atomic E-state index is 12.4. The van der Waals surface area contributed by atoms with Crippen LogP contribution < -0.4 is 10.1 Å². The molecule has 3 rings (SSSR count). The van der Waals surface area contributed by atoms with Crippen LogP contribution in [0.1, 0.15) is 48.0 Å². The summed E-state index contributed by atoms with van der Waals surface area (Å²) in [5.74, 6) is -0.366. The SMILES string of the molecule is O=C(COC(=O)c1ccccc1OCc1ccccc1)NC1CCCCC1. The summed E-state index contributed by atoms with van der Waals surface area (Å²) in [5, 5.41) is 2.94. The predicted octanol–water partition coefficient (Wildman–Crippen LogP) is 3.87. The van der Waals surface area contributed by atoms with Crippen LogP contribution >= 0.6 is 0 Å². The Kier molecular flexibility index (Phi) is 6.85. The Balaban J connectivity index is 1.52. The van der Waals surface area contributed by atoms with Crippen LogP contribution in [-0.4, -0.2) is 24.5 Å². The molecule has 2 aromatic rings. The quantitative estimate of drug-likeness (QED) is 0.755. The second kappa shape index (κ2) is 9.76. The molecule has 1 saturated carbocycles. The lowest BCUT2D eigenvalue weighted by atomic mass is 9.95. The number of para-hydroxylation sites is 1. The van der Waals surface area contributed by atoms with E-state index in [4.69, 9.17) is 9.47 Å². The third-order valence-corrected chi connectivity index (χ3v) is 4.65. The van der Waals surface area contributed by atoms with Gasteiger partial charge in [0.05, 0.1) is 0 Å². The largest absolute Gasteiger partial charge is 0.488 e. The average molecular weight is 367 g/mol. The first-order valence-corrected chi connectivity index (χ1v) is 9.44. The standard InChI is InChI=1S/C22H25NO4/c24-21(23-18-11-5-2-6-12-18)16-27-22(25)19-13-7-8-14-20(19)26-15-17-9-3-1-4-10-17/h1,3-4,7-10,13-14,18H,2,5-6,11-12,15-16H2,(H,23,24). The zero-order valence-electron chi connectivity index (χ0n) is 15.4. The maximum Gasteiger partial charge on any atom is 0.342 e. The van der Waals surface area contributed by atoms with Gasteiger partial charge in [0, 0.05) is 6.04 Å². The number of esters is 1. The van der Waals surface area contributed by atoms with Gasteiger partial charge in [0.15, 0.2) is 6.61 Å². The van der Waals surface area contributed by atoms with E-state index >= 15 is 0 Å². The Hall–Kier alpha value is -2.82. The van der Waals surface area contributed by atoms with Crippen LogP contribution in [0, 0.1) is 0 Å². The van der Waals surface area contributed by atoms with E-state index in [1.807, 2.05) is 30.3 Å². The Labute approximate surface area is 159 Å². The summed E-state index contributed by atoms with van der Waals surface area (Å²) >= 11 is 0. The number of ether oxygens (including phenoxy) is 2. The van der Waals surface area contributed by atoms with Crippen molar-refractivity contribution in [2.75, 3.05) is 6.61 Å². The van der Waals surface area contributed by atoms with Gasteiger partial charge in [0.25, 0.3) is 5.91 Å². The first-order chi connectivity index (χ1) is 13.2. The molecule has 0 spiro atoms. The van der Waals surface area contributed by atoms with Crippen molar-refractivity contribution in [2.45, 2.75) is 44.8 Å². The lowest BCUT2D eigenvalue weighted by molar-refractivity contribution is -0.125. The maximum atomic E-state index is 12.4. The molecule has 1 aliphatic rings. The Morgan fingerprint density at radius 2 is 1.63 bits per heavy atom. The van der Waals surface area contributed by atoms with Crippen LogP contribution in [0.4, 0.5) is 0 Å². The summed E-state index contributed by atoms with van der Waals surface area (Å²) in [6, 6.07) is 16.8. The van der Waals surface area contributed by atoms with Crippen LogP contribution in [0.15, 0.2) is 54.6 Å². The number of rotatable bonds is 7. The predicted molar refractivity (Wildman–Crippen MR) is 103 cm³/mol. The molecule has 0 saturated heterocycles. The summed E-state index contributed by atoms with van der Waals surface area (Å²) in [6.45, 7) is 0.0790. The molecule has 0 atom stereocenters. The monoisotopic (exact) mass is 367 g/mol. The van der Waals surface area contributed by atoms with Crippen molar-refractivity contribution in [3.8, 4) is 5.75 Å². The van der Waals surface area contributed by atoms with Crippen molar-refractivity contribution < 1.29 is 19.1 Å². The molecule has 0 radical (unpaired) electrons. The minimum absolute atomic E-state index is 0.200. The lowest BCUT2D eigenvalue weighted by Gasteiger charge is -2.22. The number of benzene rings is 2. The van der Waals surface area contributed by atoms with Gasteiger partial charge in [-0.1, -0.05) is 61.7 Å².